The van der Waals surface area contributed by atoms with Gasteiger partial charge in [-0.25, -0.2) is 0 Å². The highest BCUT2D eigenvalue weighted by molar-refractivity contribution is 8.00. The molecule has 1 saturated carbocycles. The van der Waals surface area contributed by atoms with Crippen LogP contribution in [-0.4, -0.2) is 44.4 Å². The number of carbonyl (C=O) groups is 1. The SMILES string of the molecule is O=C(c1ccc(O)c([N+](=O)[O-])c1)N1CCS[C@H]2CCCC[C@@H]21. The Morgan fingerprint density at radius 3 is 2.91 bits per heavy atom. The van der Waals surface area contributed by atoms with E-state index < -0.39 is 16.4 Å². The van der Waals surface area contributed by atoms with Crippen molar-refractivity contribution in [2.24, 2.45) is 0 Å². The zero-order valence-electron chi connectivity index (χ0n) is 12.1. The second-order valence-electron chi connectivity index (χ2n) is 5.72. The van der Waals surface area contributed by atoms with Gasteiger partial charge in [-0.2, -0.15) is 11.8 Å². The van der Waals surface area contributed by atoms with Gasteiger partial charge in [-0.15, -0.1) is 0 Å². The van der Waals surface area contributed by atoms with Crippen LogP contribution in [0.1, 0.15) is 36.0 Å². The van der Waals surface area contributed by atoms with Crippen molar-refractivity contribution in [3.8, 4) is 5.75 Å². The van der Waals surface area contributed by atoms with E-state index in [0.29, 0.717) is 11.8 Å². The molecule has 0 spiro atoms. The zero-order valence-corrected chi connectivity index (χ0v) is 12.9. The summed E-state index contributed by atoms with van der Waals surface area (Å²) in [5.41, 5.74) is -0.141. The summed E-state index contributed by atoms with van der Waals surface area (Å²) in [6.07, 6.45) is 4.47. The molecule has 118 valence electrons. The van der Waals surface area contributed by atoms with E-state index >= 15 is 0 Å². The molecule has 1 aromatic rings. The van der Waals surface area contributed by atoms with Crippen molar-refractivity contribution in [3.05, 3.63) is 33.9 Å². The Bertz CT molecular complexity index is 605. The summed E-state index contributed by atoms with van der Waals surface area (Å²) >= 11 is 1.93. The topological polar surface area (TPSA) is 83.7 Å². The van der Waals surface area contributed by atoms with E-state index in [1.807, 2.05) is 16.7 Å². The number of carbonyl (C=O) groups excluding carboxylic acids is 1. The van der Waals surface area contributed by atoms with Crippen LogP contribution in [-0.2, 0) is 0 Å². The Hall–Kier alpha value is -1.76. The molecule has 0 unspecified atom stereocenters. The number of hydrogen-bond donors (Lipinski definition) is 1. The molecule has 22 heavy (non-hydrogen) atoms. The second-order valence-corrected chi connectivity index (χ2v) is 7.07. The first kappa shape index (κ1) is 15.1. The quantitative estimate of drug-likeness (QED) is 0.668. The average molecular weight is 322 g/mol. The second kappa shape index (κ2) is 6.16. The molecule has 2 fully saturated rings. The summed E-state index contributed by atoms with van der Waals surface area (Å²) in [6.45, 7) is 0.680. The molecule has 1 saturated heterocycles. The van der Waals surface area contributed by atoms with Gasteiger partial charge in [0.15, 0.2) is 5.75 Å². The average Bonchev–Trinajstić information content (AvgIpc) is 2.54. The van der Waals surface area contributed by atoms with E-state index in [2.05, 4.69) is 0 Å². The Morgan fingerprint density at radius 1 is 1.36 bits per heavy atom. The Labute approximate surface area is 132 Å². The van der Waals surface area contributed by atoms with Crippen LogP contribution in [0.25, 0.3) is 0 Å². The molecule has 1 aromatic carbocycles. The van der Waals surface area contributed by atoms with Gasteiger partial charge in [0, 0.05) is 35.2 Å². The molecule has 1 amide bonds. The largest absolute Gasteiger partial charge is 0.502 e. The number of nitro benzene ring substituents is 1. The van der Waals surface area contributed by atoms with E-state index in [9.17, 15) is 20.0 Å². The number of aromatic hydroxyl groups is 1. The maximum atomic E-state index is 12.8. The molecule has 1 heterocycles. The molecule has 1 aliphatic heterocycles. The number of nitro groups is 1. The summed E-state index contributed by atoms with van der Waals surface area (Å²) in [7, 11) is 0. The minimum absolute atomic E-state index is 0.166. The molecule has 6 nitrogen and oxygen atoms in total. The van der Waals surface area contributed by atoms with E-state index in [1.165, 1.54) is 24.6 Å². The third-order valence-corrected chi connectivity index (χ3v) is 5.81. The molecule has 1 aliphatic carbocycles. The maximum Gasteiger partial charge on any atom is 0.311 e. The van der Waals surface area contributed by atoms with Gasteiger partial charge in [0.05, 0.1) is 4.92 Å². The minimum Gasteiger partial charge on any atom is -0.502 e. The minimum atomic E-state index is -0.665. The number of nitrogens with zero attached hydrogens (tertiary/aromatic N) is 2. The van der Waals surface area contributed by atoms with Gasteiger partial charge in [0.1, 0.15) is 0 Å². The highest BCUT2D eigenvalue weighted by atomic mass is 32.2. The fourth-order valence-electron chi connectivity index (χ4n) is 3.32. The molecule has 2 aliphatic rings. The van der Waals surface area contributed by atoms with Crippen molar-refractivity contribution < 1.29 is 14.8 Å². The first-order valence-electron chi connectivity index (χ1n) is 7.48. The van der Waals surface area contributed by atoms with Crippen LogP contribution in [0.4, 0.5) is 5.69 Å². The van der Waals surface area contributed by atoms with Gasteiger partial charge in [-0.05, 0) is 25.0 Å². The molecule has 0 bridgehead atoms. The van der Waals surface area contributed by atoms with Gasteiger partial charge in [0.2, 0.25) is 0 Å². The van der Waals surface area contributed by atoms with Gasteiger partial charge < -0.3 is 10.0 Å². The standard InChI is InChI=1S/C15H18N2O4S/c18-13-6-5-10(9-12(13)17(20)21)15(19)16-7-8-22-14-4-2-1-3-11(14)16/h5-6,9,11,14,18H,1-4,7-8H2/t11-,14-/m0/s1. The van der Waals surface area contributed by atoms with Crippen LogP contribution in [0, 0.1) is 10.1 Å². The molecule has 3 rings (SSSR count). The van der Waals surface area contributed by atoms with Gasteiger partial charge in [-0.3, -0.25) is 14.9 Å². The predicted octanol–water partition coefficient (Wildman–Crippen LogP) is 2.80. The lowest BCUT2D eigenvalue weighted by Gasteiger charge is -2.43. The summed E-state index contributed by atoms with van der Waals surface area (Å²) in [5, 5.41) is 20.9. The predicted molar refractivity (Wildman–Crippen MR) is 84.3 cm³/mol. The summed E-state index contributed by atoms with van der Waals surface area (Å²) in [6, 6.07) is 4.09. The number of benzene rings is 1. The number of amides is 1. The van der Waals surface area contributed by atoms with Crippen LogP contribution in [0.3, 0.4) is 0 Å². The zero-order chi connectivity index (χ0) is 15.7. The van der Waals surface area contributed by atoms with Crippen molar-refractivity contribution in [2.75, 3.05) is 12.3 Å². The van der Waals surface area contributed by atoms with Gasteiger partial charge in [-0.1, -0.05) is 12.8 Å². The van der Waals surface area contributed by atoms with E-state index in [-0.39, 0.29) is 17.5 Å². The Morgan fingerprint density at radius 2 is 2.14 bits per heavy atom. The molecule has 0 aromatic heterocycles. The van der Waals surface area contributed by atoms with Crippen LogP contribution >= 0.6 is 11.8 Å². The van der Waals surface area contributed by atoms with Crippen molar-refractivity contribution in [2.45, 2.75) is 37.0 Å². The van der Waals surface area contributed by atoms with Crippen molar-refractivity contribution in [1.29, 1.82) is 0 Å². The summed E-state index contributed by atoms with van der Waals surface area (Å²) < 4.78 is 0. The summed E-state index contributed by atoms with van der Waals surface area (Å²) in [5.74, 6) is 0.333. The highest BCUT2D eigenvalue weighted by Crippen LogP contribution is 2.36. The van der Waals surface area contributed by atoms with Gasteiger partial charge in [0.25, 0.3) is 5.91 Å². The van der Waals surface area contributed by atoms with Crippen molar-refractivity contribution in [3.63, 3.8) is 0 Å². The lowest BCUT2D eigenvalue weighted by Crippen LogP contribution is -2.51. The lowest BCUT2D eigenvalue weighted by molar-refractivity contribution is -0.385. The van der Waals surface area contributed by atoms with Crippen molar-refractivity contribution in [1.82, 2.24) is 4.90 Å². The number of phenolic OH excluding ortho intramolecular Hbond substituents is 1. The Balaban J connectivity index is 1.86. The number of rotatable bonds is 2. The molecular formula is C15H18N2O4S. The number of phenols is 1. The fourth-order valence-corrected chi connectivity index (χ4v) is 4.76. The number of thioether (sulfide) groups is 1. The van der Waals surface area contributed by atoms with Crippen LogP contribution < -0.4 is 0 Å². The van der Waals surface area contributed by atoms with Crippen LogP contribution in [0.15, 0.2) is 18.2 Å². The molecular weight excluding hydrogens is 304 g/mol. The van der Waals surface area contributed by atoms with E-state index in [1.54, 1.807) is 0 Å². The molecule has 2 atom stereocenters. The third kappa shape index (κ3) is 2.77. The monoisotopic (exact) mass is 322 g/mol. The fraction of sp³-hybridized carbons (Fsp3) is 0.533. The summed E-state index contributed by atoms with van der Waals surface area (Å²) in [4.78, 5) is 24.9. The van der Waals surface area contributed by atoms with Gasteiger partial charge >= 0.3 is 5.69 Å². The van der Waals surface area contributed by atoms with Crippen LogP contribution in [0.2, 0.25) is 0 Å². The van der Waals surface area contributed by atoms with Crippen molar-refractivity contribution >= 4 is 23.4 Å². The number of hydrogen-bond acceptors (Lipinski definition) is 5. The Kier molecular flexibility index (Phi) is 4.24. The third-order valence-electron chi connectivity index (χ3n) is 4.41. The molecule has 0 radical (unpaired) electrons. The molecule has 7 heteroatoms. The van der Waals surface area contributed by atoms with E-state index in [0.717, 1.165) is 25.0 Å². The van der Waals surface area contributed by atoms with E-state index in [4.69, 9.17) is 0 Å². The first-order valence-corrected chi connectivity index (χ1v) is 8.53. The highest BCUT2D eigenvalue weighted by Gasteiger charge is 2.36. The normalized spacial score (nSPS) is 24.6. The maximum absolute atomic E-state index is 12.8. The lowest BCUT2D eigenvalue weighted by atomic mass is 9.92. The molecule has 1 N–H and O–H groups in total. The number of fused-ring (bicyclic) bond motifs is 1. The first-order chi connectivity index (χ1) is 10.6. The smallest absolute Gasteiger partial charge is 0.311 e. The van der Waals surface area contributed by atoms with Crippen LogP contribution in [0.5, 0.6) is 5.75 Å².